The molecule has 4 heteroatoms. The number of aliphatic hydroxyl groups is 1. The van der Waals surface area contributed by atoms with Crippen LogP contribution in [0, 0.1) is 5.92 Å². The molecular weight excluding hydrogens is 314 g/mol. The summed E-state index contributed by atoms with van der Waals surface area (Å²) in [6.07, 6.45) is 2.50. The molecule has 4 nitrogen and oxygen atoms in total. The van der Waals surface area contributed by atoms with Crippen molar-refractivity contribution in [1.82, 2.24) is 5.32 Å². The molecule has 0 spiro atoms. The molecule has 25 heavy (non-hydrogen) atoms. The summed E-state index contributed by atoms with van der Waals surface area (Å²) in [5, 5.41) is 13.5. The highest BCUT2D eigenvalue weighted by Gasteiger charge is 2.26. The summed E-state index contributed by atoms with van der Waals surface area (Å²) < 4.78 is 5.86. The van der Waals surface area contributed by atoms with Gasteiger partial charge in [-0.05, 0) is 37.3 Å². The van der Waals surface area contributed by atoms with Crippen LogP contribution in [0.1, 0.15) is 37.3 Å². The number of amides is 1. The van der Waals surface area contributed by atoms with Gasteiger partial charge < -0.3 is 15.2 Å². The fourth-order valence-corrected chi connectivity index (χ4v) is 2.75. The topological polar surface area (TPSA) is 58.6 Å². The van der Waals surface area contributed by atoms with E-state index in [-0.39, 0.29) is 12.3 Å². The van der Waals surface area contributed by atoms with Gasteiger partial charge in [0, 0.05) is 12.1 Å². The standard InChI is InChI=1S/C21H25NO3/c1-21(24,18-8-3-2-4-9-18)13-20(23)22-14-17-7-5-6-10-19(17)25-15-16-11-12-16/h2-10,16,24H,11-15H2,1H3,(H,22,23). The van der Waals surface area contributed by atoms with E-state index < -0.39 is 5.60 Å². The molecule has 2 aromatic carbocycles. The van der Waals surface area contributed by atoms with Gasteiger partial charge in [0.05, 0.1) is 18.6 Å². The van der Waals surface area contributed by atoms with Crippen LogP contribution in [-0.4, -0.2) is 17.6 Å². The van der Waals surface area contributed by atoms with Gasteiger partial charge >= 0.3 is 0 Å². The molecule has 1 unspecified atom stereocenters. The van der Waals surface area contributed by atoms with Crippen molar-refractivity contribution in [2.75, 3.05) is 6.61 Å². The Balaban J connectivity index is 1.55. The van der Waals surface area contributed by atoms with Crippen LogP contribution in [-0.2, 0) is 16.9 Å². The number of nitrogens with one attached hydrogen (secondary N) is 1. The van der Waals surface area contributed by atoms with Gasteiger partial charge in [0.2, 0.25) is 5.91 Å². The Labute approximate surface area is 148 Å². The molecule has 1 amide bonds. The lowest BCUT2D eigenvalue weighted by Crippen LogP contribution is -2.32. The summed E-state index contributed by atoms with van der Waals surface area (Å²) in [5.74, 6) is 1.32. The lowest BCUT2D eigenvalue weighted by Gasteiger charge is -2.23. The zero-order valence-electron chi connectivity index (χ0n) is 14.6. The largest absolute Gasteiger partial charge is 0.493 e. The molecule has 2 aromatic rings. The Bertz CT molecular complexity index is 708. The third-order valence-electron chi connectivity index (χ3n) is 4.52. The first kappa shape index (κ1) is 17.5. The predicted octanol–water partition coefficient (Wildman–Crippen LogP) is 3.39. The van der Waals surface area contributed by atoms with Gasteiger partial charge in [-0.25, -0.2) is 0 Å². The molecule has 0 aromatic heterocycles. The Kier molecular flexibility index (Phi) is 5.39. The summed E-state index contributed by atoms with van der Waals surface area (Å²) in [7, 11) is 0. The monoisotopic (exact) mass is 339 g/mol. The first-order valence-corrected chi connectivity index (χ1v) is 8.80. The Hall–Kier alpha value is -2.33. The van der Waals surface area contributed by atoms with E-state index in [2.05, 4.69) is 5.32 Å². The second-order valence-electron chi connectivity index (χ2n) is 6.96. The maximum atomic E-state index is 12.3. The number of hydrogen-bond acceptors (Lipinski definition) is 3. The van der Waals surface area contributed by atoms with Crippen molar-refractivity contribution in [1.29, 1.82) is 0 Å². The maximum Gasteiger partial charge on any atom is 0.223 e. The molecule has 1 saturated carbocycles. The molecule has 1 fully saturated rings. The minimum absolute atomic E-state index is 0.0160. The molecule has 1 atom stereocenters. The molecule has 2 N–H and O–H groups in total. The van der Waals surface area contributed by atoms with Crippen LogP contribution >= 0.6 is 0 Å². The summed E-state index contributed by atoms with van der Waals surface area (Å²) in [6, 6.07) is 17.0. The number of rotatable bonds is 8. The van der Waals surface area contributed by atoms with Crippen LogP contribution in [0.4, 0.5) is 0 Å². The SMILES string of the molecule is CC(O)(CC(=O)NCc1ccccc1OCC1CC1)c1ccccc1. The molecule has 0 radical (unpaired) electrons. The smallest absolute Gasteiger partial charge is 0.223 e. The highest BCUT2D eigenvalue weighted by Crippen LogP contribution is 2.30. The third-order valence-corrected chi connectivity index (χ3v) is 4.52. The molecule has 3 rings (SSSR count). The van der Waals surface area contributed by atoms with Crippen molar-refractivity contribution in [3.8, 4) is 5.75 Å². The van der Waals surface area contributed by atoms with E-state index in [0.29, 0.717) is 12.5 Å². The van der Waals surface area contributed by atoms with E-state index in [9.17, 15) is 9.90 Å². The molecular formula is C21H25NO3. The molecule has 0 bridgehead atoms. The Morgan fingerprint density at radius 1 is 1.16 bits per heavy atom. The number of carbonyl (C=O) groups excluding carboxylic acids is 1. The van der Waals surface area contributed by atoms with Gasteiger partial charge in [-0.1, -0.05) is 48.5 Å². The summed E-state index contributed by atoms with van der Waals surface area (Å²) in [4.78, 5) is 12.3. The van der Waals surface area contributed by atoms with Crippen LogP contribution in [0.15, 0.2) is 54.6 Å². The lowest BCUT2D eigenvalue weighted by atomic mass is 9.92. The van der Waals surface area contributed by atoms with E-state index in [1.54, 1.807) is 6.92 Å². The number of benzene rings is 2. The van der Waals surface area contributed by atoms with Gasteiger partial charge in [0.1, 0.15) is 5.75 Å². The second kappa shape index (κ2) is 7.70. The van der Waals surface area contributed by atoms with Crippen molar-refractivity contribution in [3.05, 3.63) is 65.7 Å². The van der Waals surface area contributed by atoms with Gasteiger partial charge in [-0.3, -0.25) is 4.79 Å². The molecule has 1 aliphatic carbocycles. The Morgan fingerprint density at radius 2 is 1.84 bits per heavy atom. The van der Waals surface area contributed by atoms with Crippen molar-refractivity contribution >= 4 is 5.91 Å². The van der Waals surface area contributed by atoms with Gasteiger partial charge in [-0.2, -0.15) is 0 Å². The lowest BCUT2D eigenvalue weighted by molar-refractivity contribution is -0.126. The number of carbonyl (C=O) groups is 1. The predicted molar refractivity (Wildman–Crippen MR) is 97.1 cm³/mol. The van der Waals surface area contributed by atoms with E-state index in [1.165, 1.54) is 12.8 Å². The first-order chi connectivity index (χ1) is 12.0. The van der Waals surface area contributed by atoms with E-state index >= 15 is 0 Å². The molecule has 132 valence electrons. The average Bonchev–Trinajstić information content (AvgIpc) is 3.44. The second-order valence-corrected chi connectivity index (χ2v) is 6.96. The van der Waals surface area contributed by atoms with Crippen LogP contribution in [0.5, 0.6) is 5.75 Å². The van der Waals surface area contributed by atoms with Crippen LogP contribution < -0.4 is 10.1 Å². The fraction of sp³-hybridized carbons (Fsp3) is 0.381. The minimum atomic E-state index is -1.19. The number of ether oxygens (including phenoxy) is 1. The van der Waals surface area contributed by atoms with E-state index in [4.69, 9.17) is 4.74 Å². The number of para-hydroxylation sites is 1. The van der Waals surface area contributed by atoms with Gasteiger partial charge in [0.15, 0.2) is 0 Å². The molecule has 0 heterocycles. The summed E-state index contributed by atoms with van der Waals surface area (Å²) in [5.41, 5.74) is 0.502. The normalized spacial score (nSPS) is 16.1. The third kappa shape index (κ3) is 5.07. The quantitative estimate of drug-likeness (QED) is 0.775. The first-order valence-electron chi connectivity index (χ1n) is 8.80. The average molecular weight is 339 g/mol. The van der Waals surface area contributed by atoms with Gasteiger partial charge in [0.25, 0.3) is 0 Å². The van der Waals surface area contributed by atoms with E-state index in [0.717, 1.165) is 23.5 Å². The van der Waals surface area contributed by atoms with Crippen LogP contribution in [0.3, 0.4) is 0 Å². The molecule has 1 aliphatic rings. The zero-order chi connectivity index (χ0) is 17.7. The van der Waals surface area contributed by atoms with E-state index in [1.807, 2.05) is 54.6 Å². The molecule has 0 aliphatic heterocycles. The minimum Gasteiger partial charge on any atom is -0.493 e. The summed E-state index contributed by atoms with van der Waals surface area (Å²) in [6.45, 7) is 2.80. The highest BCUT2D eigenvalue weighted by atomic mass is 16.5. The van der Waals surface area contributed by atoms with Gasteiger partial charge in [-0.15, -0.1) is 0 Å². The Morgan fingerprint density at radius 3 is 2.56 bits per heavy atom. The fourth-order valence-electron chi connectivity index (χ4n) is 2.75. The van der Waals surface area contributed by atoms with Crippen molar-refractivity contribution in [2.45, 2.75) is 38.3 Å². The highest BCUT2D eigenvalue weighted by molar-refractivity contribution is 5.77. The van der Waals surface area contributed by atoms with Crippen molar-refractivity contribution < 1.29 is 14.6 Å². The zero-order valence-corrected chi connectivity index (χ0v) is 14.6. The van der Waals surface area contributed by atoms with Crippen LogP contribution in [0.25, 0.3) is 0 Å². The maximum absolute atomic E-state index is 12.3. The molecule has 0 saturated heterocycles. The van der Waals surface area contributed by atoms with Crippen LogP contribution in [0.2, 0.25) is 0 Å². The van der Waals surface area contributed by atoms with Crippen molar-refractivity contribution in [2.24, 2.45) is 5.92 Å². The summed E-state index contributed by atoms with van der Waals surface area (Å²) >= 11 is 0. The number of hydrogen-bond donors (Lipinski definition) is 2. The van der Waals surface area contributed by atoms with Crippen molar-refractivity contribution in [3.63, 3.8) is 0 Å².